The minimum absolute atomic E-state index is 0.507. The second-order valence-corrected chi connectivity index (χ2v) is 7.65. The number of aromatic nitrogens is 1. The number of alkyl halides is 1. The summed E-state index contributed by atoms with van der Waals surface area (Å²) in [5.74, 6) is 0. The van der Waals surface area contributed by atoms with Gasteiger partial charge >= 0.3 is 0 Å². The highest BCUT2D eigenvalue weighted by molar-refractivity contribution is 9.09. The van der Waals surface area contributed by atoms with Gasteiger partial charge in [0.05, 0.1) is 6.54 Å². The first-order valence-corrected chi connectivity index (χ1v) is 9.78. The molecule has 0 unspecified atom stereocenters. The number of hydrogen-bond donors (Lipinski definition) is 0. The Morgan fingerprint density at radius 2 is 2.09 bits per heavy atom. The molecule has 6 heteroatoms. The fourth-order valence-electron chi connectivity index (χ4n) is 2.39. The van der Waals surface area contributed by atoms with Crippen LogP contribution in [0, 0.1) is 0 Å². The summed E-state index contributed by atoms with van der Waals surface area (Å²) in [5, 5.41) is 3.34. The van der Waals surface area contributed by atoms with Crippen molar-refractivity contribution in [3.05, 3.63) is 64.9 Å². The van der Waals surface area contributed by atoms with Crippen molar-refractivity contribution >= 4 is 44.5 Å². The van der Waals surface area contributed by atoms with E-state index >= 15 is 0 Å². The van der Waals surface area contributed by atoms with Crippen LogP contribution < -0.4 is 0 Å². The molecule has 0 saturated heterocycles. The zero-order valence-corrected chi connectivity index (χ0v) is 15.7. The predicted octanol–water partition coefficient (Wildman–Crippen LogP) is 4.60. The minimum atomic E-state index is 0.507. The van der Waals surface area contributed by atoms with Gasteiger partial charge in [-0.3, -0.25) is 9.98 Å². The van der Waals surface area contributed by atoms with Crippen LogP contribution in [0.4, 0.5) is 0 Å². The Bertz CT molecular complexity index is 681. The molecule has 120 valence electrons. The van der Waals surface area contributed by atoms with Crippen molar-refractivity contribution in [2.75, 3.05) is 11.9 Å². The monoisotopic (exact) mass is 409 g/mol. The van der Waals surface area contributed by atoms with Crippen LogP contribution in [0.2, 0.25) is 5.02 Å². The molecule has 0 N–H and O–H groups in total. The maximum atomic E-state index is 6.34. The molecule has 1 aromatic heterocycles. The molecule has 3 nitrogen and oxygen atoms in total. The van der Waals surface area contributed by atoms with Crippen LogP contribution >= 0.6 is 39.3 Å². The first-order chi connectivity index (χ1) is 11.3. The van der Waals surface area contributed by atoms with E-state index in [4.69, 9.17) is 16.6 Å². The first-order valence-electron chi connectivity index (χ1n) is 7.40. The smallest absolute Gasteiger partial charge is 0.160 e. The van der Waals surface area contributed by atoms with Gasteiger partial charge in [0, 0.05) is 41.1 Å². The molecule has 1 aromatic carbocycles. The van der Waals surface area contributed by atoms with Gasteiger partial charge in [0.2, 0.25) is 0 Å². The van der Waals surface area contributed by atoms with Gasteiger partial charge in [-0.1, -0.05) is 63.6 Å². The second-order valence-electron chi connectivity index (χ2n) is 5.33. The Labute approximate surface area is 154 Å². The number of rotatable bonds is 5. The van der Waals surface area contributed by atoms with Crippen molar-refractivity contribution < 1.29 is 0 Å². The summed E-state index contributed by atoms with van der Waals surface area (Å²) in [4.78, 5) is 11.2. The lowest BCUT2D eigenvalue weighted by molar-refractivity contribution is 0.414. The van der Waals surface area contributed by atoms with E-state index < -0.39 is 0 Å². The maximum Gasteiger partial charge on any atom is 0.160 e. The standard InChI is InChI=1S/C17H17BrClN3S/c18-8-15-10-21-17(23-15)22(11-13-4-3-7-20-9-13)12-14-5-1-2-6-16(14)19/h1-7,9,15H,8,10-12H2/t15-/m1/s1. The van der Waals surface area contributed by atoms with Crippen LogP contribution in [-0.4, -0.2) is 32.2 Å². The molecule has 23 heavy (non-hydrogen) atoms. The lowest BCUT2D eigenvalue weighted by Crippen LogP contribution is -2.27. The number of benzene rings is 1. The summed E-state index contributed by atoms with van der Waals surface area (Å²) >= 11 is 11.7. The number of halogens is 2. The zero-order valence-electron chi connectivity index (χ0n) is 12.5. The van der Waals surface area contributed by atoms with E-state index in [1.54, 1.807) is 6.20 Å². The van der Waals surface area contributed by atoms with Crippen molar-refractivity contribution in [1.82, 2.24) is 9.88 Å². The number of hydrogen-bond acceptors (Lipinski definition) is 4. The molecule has 1 atom stereocenters. The third-order valence-corrected chi connectivity index (χ3v) is 6.39. The second kappa shape index (κ2) is 8.18. The lowest BCUT2D eigenvalue weighted by Gasteiger charge is -2.25. The van der Waals surface area contributed by atoms with Crippen molar-refractivity contribution in [2.24, 2.45) is 4.99 Å². The molecule has 0 fully saturated rings. The normalized spacial score (nSPS) is 17.1. The Hall–Kier alpha value is -1.04. The number of pyridine rings is 1. The molecule has 0 radical (unpaired) electrons. The molecule has 1 aliphatic rings. The van der Waals surface area contributed by atoms with Crippen molar-refractivity contribution in [2.45, 2.75) is 18.3 Å². The fourth-order valence-corrected chi connectivity index (χ4v) is 4.13. The van der Waals surface area contributed by atoms with E-state index in [1.807, 2.05) is 42.2 Å². The van der Waals surface area contributed by atoms with Crippen molar-refractivity contribution in [1.29, 1.82) is 0 Å². The van der Waals surface area contributed by atoms with E-state index in [-0.39, 0.29) is 0 Å². The molecule has 0 spiro atoms. The Kier molecular flexibility index (Phi) is 5.97. The van der Waals surface area contributed by atoms with Crippen LogP contribution in [0.3, 0.4) is 0 Å². The van der Waals surface area contributed by atoms with Crippen molar-refractivity contribution in [3.8, 4) is 0 Å². The van der Waals surface area contributed by atoms with E-state index in [0.717, 1.165) is 40.7 Å². The van der Waals surface area contributed by atoms with Gasteiger partial charge in [-0.15, -0.1) is 0 Å². The first kappa shape index (κ1) is 16.8. The van der Waals surface area contributed by atoms with Crippen LogP contribution in [0.25, 0.3) is 0 Å². The van der Waals surface area contributed by atoms with Crippen LogP contribution in [0.5, 0.6) is 0 Å². The molecule has 0 saturated carbocycles. The average molecular weight is 411 g/mol. The van der Waals surface area contributed by atoms with Gasteiger partial charge in [0.15, 0.2) is 5.17 Å². The molecule has 0 bridgehead atoms. The van der Waals surface area contributed by atoms with E-state index in [1.165, 1.54) is 5.56 Å². The molecular formula is C17H17BrClN3S. The summed E-state index contributed by atoms with van der Waals surface area (Å²) in [6.45, 7) is 2.38. The van der Waals surface area contributed by atoms with E-state index in [2.05, 4.69) is 37.9 Å². The largest absolute Gasteiger partial charge is 0.343 e. The summed E-state index contributed by atoms with van der Waals surface area (Å²) in [6.07, 6.45) is 3.70. The van der Waals surface area contributed by atoms with Gasteiger partial charge in [-0.05, 0) is 23.3 Å². The SMILES string of the molecule is Clc1ccccc1CN(Cc1cccnc1)C1=NC[C@@H](CBr)S1. The van der Waals surface area contributed by atoms with E-state index in [9.17, 15) is 0 Å². The lowest BCUT2D eigenvalue weighted by atomic mass is 10.2. The predicted molar refractivity (Wildman–Crippen MR) is 102 cm³/mol. The summed E-state index contributed by atoms with van der Waals surface area (Å²) in [6, 6.07) is 12.0. The number of nitrogens with zero attached hydrogens (tertiary/aromatic N) is 3. The van der Waals surface area contributed by atoms with Gasteiger partial charge in [-0.25, -0.2) is 0 Å². The Balaban J connectivity index is 1.80. The summed E-state index contributed by atoms with van der Waals surface area (Å²) < 4.78 is 0. The summed E-state index contributed by atoms with van der Waals surface area (Å²) in [5.41, 5.74) is 2.29. The Morgan fingerprint density at radius 3 is 2.78 bits per heavy atom. The Morgan fingerprint density at radius 1 is 1.22 bits per heavy atom. The third-order valence-electron chi connectivity index (χ3n) is 3.56. The molecule has 2 heterocycles. The highest BCUT2D eigenvalue weighted by atomic mass is 79.9. The van der Waals surface area contributed by atoms with Crippen LogP contribution in [0.15, 0.2) is 53.8 Å². The van der Waals surface area contributed by atoms with Gasteiger partial charge in [0.1, 0.15) is 0 Å². The summed E-state index contributed by atoms with van der Waals surface area (Å²) in [7, 11) is 0. The van der Waals surface area contributed by atoms with Crippen LogP contribution in [0.1, 0.15) is 11.1 Å². The van der Waals surface area contributed by atoms with Crippen LogP contribution in [-0.2, 0) is 13.1 Å². The topological polar surface area (TPSA) is 28.5 Å². The molecular weight excluding hydrogens is 394 g/mol. The van der Waals surface area contributed by atoms with E-state index in [0.29, 0.717) is 5.25 Å². The van der Waals surface area contributed by atoms with Crippen molar-refractivity contribution in [3.63, 3.8) is 0 Å². The molecule has 2 aromatic rings. The number of aliphatic imine (C=N–C) groups is 1. The fraction of sp³-hybridized carbons (Fsp3) is 0.294. The quantitative estimate of drug-likeness (QED) is 0.674. The van der Waals surface area contributed by atoms with Gasteiger partial charge in [-0.2, -0.15) is 0 Å². The molecule has 3 rings (SSSR count). The highest BCUT2D eigenvalue weighted by Crippen LogP contribution is 2.28. The third kappa shape index (κ3) is 4.49. The highest BCUT2D eigenvalue weighted by Gasteiger charge is 2.24. The number of thioether (sulfide) groups is 1. The molecule has 0 amide bonds. The zero-order chi connectivity index (χ0) is 16.1. The van der Waals surface area contributed by atoms with Gasteiger partial charge < -0.3 is 4.90 Å². The molecule has 1 aliphatic heterocycles. The van der Waals surface area contributed by atoms with Gasteiger partial charge in [0.25, 0.3) is 0 Å². The number of amidine groups is 1. The average Bonchev–Trinajstić information content (AvgIpc) is 3.06. The molecule has 0 aliphatic carbocycles. The minimum Gasteiger partial charge on any atom is -0.343 e. The maximum absolute atomic E-state index is 6.34.